The Bertz CT molecular complexity index is 554. The highest BCUT2D eigenvalue weighted by molar-refractivity contribution is 7.89. The molecule has 0 saturated heterocycles. The summed E-state index contributed by atoms with van der Waals surface area (Å²) in [6.45, 7) is 6.14. The van der Waals surface area contributed by atoms with Crippen molar-refractivity contribution in [1.29, 1.82) is 0 Å². The third-order valence-corrected chi connectivity index (χ3v) is 3.60. The van der Waals surface area contributed by atoms with Crippen LogP contribution < -0.4 is 0 Å². The van der Waals surface area contributed by atoms with Gasteiger partial charge in [0.1, 0.15) is 5.76 Å². The quantitative estimate of drug-likeness (QED) is 0.781. The van der Waals surface area contributed by atoms with Crippen LogP contribution in [0.1, 0.15) is 31.2 Å². The van der Waals surface area contributed by atoms with Gasteiger partial charge in [0.25, 0.3) is 20.2 Å². The second kappa shape index (κ2) is 6.98. The smallest absolute Gasteiger partial charge is 0.265 e. The predicted molar refractivity (Wildman–Crippen MR) is 68.2 cm³/mol. The van der Waals surface area contributed by atoms with Gasteiger partial charge in [-0.3, -0.25) is 9.11 Å². The lowest BCUT2D eigenvalue weighted by Crippen LogP contribution is -2.15. The largest absolute Gasteiger partial charge is 0.448 e. The number of rotatable bonds is 4. The molecule has 0 aliphatic carbocycles. The van der Waals surface area contributed by atoms with E-state index < -0.39 is 31.7 Å². The summed E-state index contributed by atoms with van der Waals surface area (Å²) in [5, 5.41) is 0. The maximum Gasteiger partial charge on any atom is 0.265 e. The molecule has 1 rings (SSSR count). The maximum absolute atomic E-state index is 9.86. The summed E-state index contributed by atoms with van der Waals surface area (Å²) in [4.78, 5) is 3.97. The fourth-order valence-electron chi connectivity index (χ4n) is 1.08. The van der Waals surface area contributed by atoms with Crippen molar-refractivity contribution in [2.24, 2.45) is 0 Å². The average molecular weight is 315 g/mol. The number of oxazole rings is 1. The molecule has 1 heterocycles. The first-order chi connectivity index (χ1) is 8.42. The van der Waals surface area contributed by atoms with Crippen LogP contribution in [-0.4, -0.2) is 42.4 Å². The molecule has 0 aromatic carbocycles. The zero-order valence-electron chi connectivity index (χ0n) is 10.8. The van der Waals surface area contributed by atoms with Crippen molar-refractivity contribution in [3.05, 3.63) is 17.8 Å². The van der Waals surface area contributed by atoms with Crippen molar-refractivity contribution >= 4 is 20.2 Å². The molecule has 1 aromatic rings. The zero-order chi connectivity index (χ0) is 15.3. The van der Waals surface area contributed by atoms with Gasteiger partial charge in [0.15, 0.2) is 6.39 Å². The molecular formula is C9H17NO7S2. The van der Waals surface area contributed by atoms with Gasteiger partial charge in [-0.05, 0) is 6.92 Å². The van der Waals surface area contributed by atoms with E-state index in [0.717, 1.165) is 11.5 Å². The van der Waals surface area contributed by atoms with Crippen molar-refractivity contribution in [3.8, 4) is 0 Å². The van der Waals surface area contributed by atoms with Crippen molar-refractivity contribution in [2.75, 3.05) is 11.5 Å². The molecule has 0 unspecified atom stereocenters. The van der Waals surface area contributed by atoms with E-state index in [1.165, 1.54) is 6.39 Å². The highest BCUT2D eigenvalue weighted by Crippen LogP contribution is 2.16. The minimum absolute atomic E-state index is 0.451. The molecule has 1 aromatic heterocycles. The Kier molecular flexibility index (Phi) is 6.63. The highest BCUT2D eigenvalue weighted by atomic mass is 32.2. The summed E-state index contributed by atoms with van der Waals surface area (Å²) in [5.41, 5.74) is 1.00. The van der Waals surface area contributed by atoms with Crippen LogP contribution in [0.2, 0.25) is 0 Å². The van der Waals surface area contributed by atoms with Gasteiger partial charge in [0.2, 0.25) is 0 Å². The van der Waals surface area contributed by atoms with Crippen LogP contribution in [0.15, 0.2) is 10.8 Å². The average Bonchev–Trinajstić information content (AvgIpc) is 2.60. The van der Waals surface area contributed by atoms with E-state index in [2.05, 4.69) is 18.8 Å². The van der Waals surface area contributed by atoms with E-state index in [4.69, 9.17) is 13.5 Å². The molecule has 0 bridgehead atoms. The van der Waals surface area contributed by atoms with E-state index in [0.29, 0.717) is 5.92 Å². The van der Waals surface area contributed by atoms with Crippen LogP contribution >= 0.6 is 0 Å². The van der Waals surface area contributed by atoms with Gasteiger partial charge in [0.05, 0.1) is 17.2 Å². The number of aryl methyl sites for hydroxylation is 1. The van der Waals surface area contributed by atoms with Gasteiger partial charge in [-0.15, -0.1) is 0 Å². The third-order valence-electron chi connectivity index (χ3n) is 1.91. The number of aromatic nitrogens is 1. The van der Waals surface area contributed by atoms with Crippen molar-refractivity contribution in [2.45, 2.75) is 26.7 Å². The van der Waals surface area contributed by atoms with E-state index in [1.54, 1.807) is 0 Å². The minimum Gasteiger partial charge on any atom is -0.448 e. The number of nitrogens with zero attached hydrogens (tertiary/aromatic N) is 1. The van der Waals surface area contributed by atoms with Gasteiger partial charge < -0.3 is 4.42 Å². The van der Waals surface area contributed by atoms with Gasteiger partial charge in [-0.25, -0.2) is 4.98 Å². The molecule has 0 atom stereocenters. The first-order valence-corrected chi connectivity index (χ1v) is 8.44. The maximum atomic E-state index is 9.86. The summed E-state index contributed by atoms with van der Waals surface area (Å²) in [6, 6.07) is 0. The SMILES string of the molecule is Cc1ncoc1C(C)C.O=S(=O)(O)CCS(=O)(=O)O. The molecule has 2 N–H and O–H groups in total. The molecule has 0 fully saturated rings. The Morgan fingerprint density at radius 2 is 1.58 bits per heavy atom. The van der Waals surface area contributed by atoms with Crippen molar-refractivity contribution in [3.63, 3.8) is 0 Å². The summed E-state index contributed by atoms with van der Waals surface area (Å²) < 4.78 is 60.5. The lowest BCUT2D eigenvalue weighted by molar-refractivity contribution is 0.472. The van der Waals surface area contributed by atoms with E-state index in [9.17, 15) is 16.8 Å². The lowest BCUT2D eigenvalue weighted by Gasteiger charge is -1.97. The Morgan fingerprint density at radius 3 is 1.74 bits per heavy atom. The molecule has 112 valence electrons. The first-order valence-electron chi connectivity index (χ1n) is 5.22. The molecule has 0 spiro atoms. The Hall–Kier alpha value is -0.970. The zero-order valence-corrected chi connectivity index (χ0v) is 12.4. The van der Waals surface area contributed by atoms with E-state index in [-0.39, 0.29) is 0 Å². The summed E-state index contributed by atoms with van der Waals surface area (Å²) in [7, 11) is -8.59. The normalized spacial score (nSPS) is 12.1. The Balaban J connectivity index is 0.000000342. The summed E-state index contributed by atoms with van der Waals surface area (Å²) in [6.07, 6.45) is 1.49. The molecule has 8 nitrogen and oxygen atoms in total. The molecule has 0 saturated carbocycles. The Morgan fingerprint density at radius 1 is 1.16 bits per heavy atom. The Labute approximate surface area is 112 Å². The van der Waals surface area contributed by atoms with E-state index in [1.807, 2.05) is 6.92 Å². The van der Waals surface area contributed by atoms with Gasteiger partial charge in [-0.1, -0.05) is 13.8 Å². The van der Waals surface area contributed by atoms with Crippen LogP contribution in [0.5, 0.6) is 0 Å². The fourth-order valence-corrected chi connectivity index (χ4v) is 2.76. The molecule has 0 aliphatic rings. The molecule has 0 radical (unpaired) electrons. The van der Waals surface area contributed by atoms with Crippen LogP contribution in [0, 0.1) is 6.92 Å². The van der Waals surface area contributed by atoms with Gasteiger partial charge in [-0.2, -0.15) is 16.8 Å². The minimum atomic E-state index is -4.30. The van der Waals surface area contributed by atoms with Crippen LogP contribution in [-0.2, 0) is 20.2 Å². The molecular weight excluding hydrogens is 298 g/mol. The standard InChI is InChI=1S/C7H11NO.C2H6O6S2/c1-5(2)7-6(3)8-4-9-7;3-9(4,5)1-2-10(6,7)8/h4-5H,1-3H3;1-2H2,(H,3,4,5)(H,6,7,8). The molecule has 0 amide bonds. The first kappa shape index (κ1) is 18.0. The molecule has 0 aliphatic heterocycles. The van der Waals surface area contributed by atoms with E-state index >= 15 is 0 Å². The fraction of sp³-hybridized carbons (Fsp3) is 0.667. The summed E-state index contributed by atoms with van der Waals surface area (Å²) >= 11 is 0. The van der Waals surface area contributed by atoms with Crippen LogP contribution in [0.4, 0.5) is 0 Å². The molecule has 19 heavy (non-hydrogen) atoms. The topological polar surface area (TPSA) is 135 Å². The van der Waals surface area contributed by atoms with Gasteiger partial charge >= 0.3 is 0 Å². The van der Waals surface area contributed by atoms with Crippen LogP contribution in [0.25, 0.3) is 0 Å². The lowest BCUT2D eigenvalue weighted by atomic mass is 10.1. The monoisotopic (exact) mass is 315 g/mol. The number of hydrogen-bond acceptors (Lipinski definition) is 6. The predicted octanol–water partition coefficient (Wildman–Crippen LogP) is 0.868. The second-order valence-electron chi connectivity index (χ2n) is 4.03. The third kappa shape index (κ3) is 9.59. The number of hydrogen-bond donors (Lipinski definition) is 2. The molecule has 10 heteroatoms. The van der Waals surface area contributed by atoms with Crippen molar-refractivity contribution in [1.82, 2.24) is 4.98 Å². The van der Waals surface area contributed by atoms with Crippen LogP contribution in [0.3, 0.4) is 0 Å². The van der Waals surface area contributed by atoms with Crippen molar-refractivity contribution < 1.29 is 30.4 Å². The second-order valence-corrected chi connectivity index (χ2v) is 7.17. The highest BCUT2D eigenvalue weighted by Gasteiger charge is 2.11. The summed E-state index contributed by atoms with van der Waals surface area (Å²) in [5.74, 6) is -0.514. The van der Waals surface area contributed by atoms with Gasteiger partial charge in [0, 0.05) is 5.92 Å².